The Labute approximate surface area is 190 Å². The molecule has 8 heteroatoms. The number of carboxylic acid groups (broad SMARTS) is 1. The van der Waals surface area contributed by atoms with Crippen molar-refractivity contribution in [2.45, 2.75) is 57.4 Å². The molecule has 0 saturated heterocycles. The summed E-state index contributed by atoms with van der Waals surface area (Å²) in [5.74, 6) is -0.468. The summed E-state index contributed by atoms with van der Waals surface area (Å²) in [6.07, 6.45) is 14.8. The normalized spacial score (nSPS) is 19.3. The van der Waals surface area contributed by atoms with Gasteiger partial charge in [-0.25, -0.2) is 0 Å². The van der Waals surface area contributed by atoms with E-state index in [2.05, 4.69) is 6.08 Å². The molecule has 0 spiro atoms. The fraction of sp³-hybridized carbons (Fsp3) is 0.375. The van der Waals surface area contributed by atoms with Gasteiger partial charge in [-0.05, 0) is 61.8 Å². The first-order valence-corrected chi connectivity index (χ1v) is 11.8. The van der Waals surface area contributed by atoms with Gasteiger partial charge in [0.2, 0.25) is 0 Å². The summed E-state index contributed by atoms with van der Waals surface area (Å²) in [6, 6.07) is 4.44. The van der Waals surface area contributed by atoms with Crippen LogP contribution in [0.15, 0.2) is 66.0 Å². The van der Waals surface area contributed by atoms with Crippen LogP contribution in [0.5, 0.6) is 0 Å². The highest BCUT2D eigenvalue weighted by molar-refractivity contribution is 7.80. The van der Waals surface area contributed by atoms with Crippen LogP contribution in [0, 0.1) is 0 Å². The molecular weight excluding hydrogens is 430 g/mol. The highest BCUT2D eigenvalue weighted by Crippen LogP contribution is 2.33. The SMILES string of the molecule is O=C(O)CC(C1=COC=C(CC2=CC=CCC2)O1)N(c1ccc2c(c1)CCCC2)S(=O)[O-]. The molecule has 1 heterocycles. The number of allylic oxidation sites excluding steroid dienone is 4. The number of anilines is 1. The molecule has 0 fully saturated rings. The number of hydrogen-bond donors (Lipinski definition) is 1. The molecule has 1 aromatic carbocycles. The summed E-state index contributed by atoms with van der Waals surface area (Å²) >= 11 is -2.72. The van der Waals surface area contributed by atoms with Gasteiger partial charge in [-0.15, -0.1) is 0 Å². The number of ether oxygens (including phenoxy) is 2. The lowest BCUT2D eigenvalue weighted by atomic mass is 9.91. The number of hydrogen-bond acceptors (Lipinski definition) is 5. The Morgan fingerprint density at radius 2 is 2.00 bits per heavy atom. The average molecular weight is 457 g/mol. The van der Waals surface area contributed by atoms with Crippen LogP contribution in [0.3, 0.4) is 0 Å². The topological polar surface area (TPSA) is 99.1 Å². The molecule has 7 nitrogen and oxygen atoms in total. The summed E-state index contributed by atoms with van der Waals surface area (Å²) in [5, 5.41) is 9.53. The summed E-state index contributed by atoms with van der Waals surface area (Å²) in [6.45, 7) is 0. The minimum Gasteiger partial charge on any atom is -0.755 e. The monoisotopic (exact) mass is 456 g/mol. The predicted molar refractivity (Wildman–Crippen MR) is 120 cm³/mol. The number of carboxylic acids is 1. The molecule has 2 atom stereocenters. The quantitative estimate of drug-likeness (QED) is 0.582. The van der Waals surface area contributed by atoms with Crippen LogP contribution >= 0.6 is 0 Å². The van der Waals surface area contributed by atoms with Crippen LogP contribution in [0.2, 0.25) is 0 Å². The van der Waals surface area contributed by atoms with Crippen molar-refractivity contribution in [3.8, 4) is 0 Å². The maximum Gasteiger partial charge on any atom is 0.305 e. The van der Waals surface area contributed by atoms with E-state index in [1.165, 1.54) is 18.1 Å². The average Bonchev–Trinajstić information content (AvgIpc) is 2.79. The summed E-state index contributed by atoms with van der Waals surface area (Å²) in [5.41, 5.74) is 3.90. The zero-order valence-electron chi connectivity index (χ0n) is 17.7. The van der Waals surface area contributed by atoms with Gasteiger partial charge < -0.3 is 19.1 Å². The van der Waals surface area contributed by atoms with Gasteiger partial charge in [0.15, 0.2) is 5.76 Å². The van der Waals surface area contributed by atoms with Crippen molar-refractivity contribution in [2.75, 3.05) is 4.31 Å². The Kier molecular flexibility index (Phi) is 7.12. The van der Waals surface area contributed by atoms with E-state index in [4.69, 9.17) is 9.47 Å². The maximum absolute atomic E-state index is 12.3. The number of fused-ring (bicyclic) bond motifs is 1. The van der Waals surface area contributed by atoms with Crippen LogP contribution in [0.25, 0.3) is 0 Å². The zero-order chi connectivity index (χ0) is 22.5. The van der Waals surface area contributed by atoms with Crippen molar-refractivity contribution < 1.29 is 28.1 Å². The maximum atomic E-state index is 12.3. The smallest absolute Gasteiger partial charge is 0.305 e. The third-order valence-electron chi connectivity index (χ3n) is 5.86. The van der Waals surface area contributed by atoms with Crippen LogP contribution in [-0.4, -0.2) is 25.9 Å². The van der Waals surface area contributed by atoms with Crippen molar-refractivity contribution in [3.63, 3.8) is 0 Å². The van der Waals surface area contributed by atoms with Gasteiger partial charge in [0, 0.05) is 23.4 Å². The van der Waals surface area contributed by atoms with Crippen molar-refractivity contribution in [1.82, 2.24) is 0 Å². The van der Waals surface area contributed by atoms with Crippen LogP contribution in [-0.2, 0) is 38.4 Å². The molecule has 1 aromatic rings. The molecule has 3 aliphatic rings. The van der Waals surface area contributed by atoms with Gasteiger partial charge >= 0.3 is 5.97 Å². The Morgan fingerprint density at radius 1 is 1.19 bits per heavy atom. The van der Waals surface area contributed by atoms with E-state index < -0.39 is 29.7 Å². The molecule has 2 aliphatic carbocycles. The van der Waals surface area contributed by atoms with Crippen LogP contribution in [0.1, 0.15) is 49.7 Å². The highest BCUT2D eigenvalue weighted by atomic mass is 32.2. The van der Waals surface area contributed by atoms with Crippen molar-refractivity contribution in [1.29, 1.82) is 0 Å². The second-order valence-corrected chi connectivity index (χ2v) is 8.96. The molecule has 1 N–H and O–H groups in total. The van der Waals surface area contributed by atoms with E-state index in [9.17, 15) is 18.7 Å². The number of aliphatic carboxylic acids is 1. The van der Waals surface area contributed by atoms with Gasteiger partial charge in [0.1, 0.15) is 24.3 Å². The Morgan fingerprint density at radius 3 is 2.72 bits per heavy atom. The van der Waals surface area contributed by atoms with Crippen LogP contribution < -0.4 is 4.31 Å². The molecule has 170 valence electrons. The zero-order valence-corrected chi connectivity index (χ0v) is 18.5. The minimum atomic E-state index is -2.72. The lowest BCUT2D eigenvalue weighted by molar-refractivity contribution is -0.137. The molecule has 2 unspecified atom stereocenters. The third-order valence-corrected chi connectivity index (χ3v) is 6.65. The standard InChI is InChI=1S/C24H27NO6S/c26-24(27)14-22(23-16-30-15-21(31-23)12-17-6-2-1-3-7-17)25(32(28)29)20-11-10-18-8-4-5-9-19(18)13-20/h1-2,6,10-11,13,15-16,22H,3-5,7-9,12,14H2,(H,26,27)(H,28,29)/p-1. The van der Waals surface area contributed by atoms with E-state index in [-0.39, 0.29) is 5.76 Å². The largest absolute Gasteiger partial charge is 0.755 e. The van der Waals surface area contributed by atoms with E-state index in [0.29, 0.717) is 17.9 Å². The Bertz CT molecular complexity index is 1030. The first-order valence-electron chi connectivity index (χ1n) is 10.8. The number of benzene rings is 1. The minimum absolute atomic E-state index is 0.152. The van der Waals surface area contributed by atoms with Crippen molar-refractivity contribution in [2.24, 2.45) is 0 Å². The summed E-state index contributed by atoms with van der Waals surface area (Å²) in [4.78, 5) is 11.7. The third kappa shape index (κ3) is 5.31. The summed E-state index contributed by atoms with van der Waals surface area (Å²) < 4.78 is 37.1. The molecule has 0 aromatic heterocycles. The number of rotatable bonds is 8. The molecule has 0 bridgehead atoms. The van der Waals surface area contributed by atoms with E-state index in [1.54, 1.807) is 6.07 Å². The van der Waals surface area contributed by atoms with E-state index in [1.807, 2.05) is 24.3 Å². The first kappa shape index (κ1) is 22.4. The molecule has 1 aliphatic heterocycles. The van der Waals surface area contributed by atoms with Crippen LogP contribution in [0.4, 0.5) is 5.69 Å². The Balaban J connectivity index is 1.60. The fourth-order valence-corrected chi connectivity index (χ4v) is 4.99. The van der Waals surface area contributed by atoms with Crippen molar-refractivity contribution >= 4 is 22.9 Å². The van der Waals surface area contributed by atoms with E-state index in [0.717, 1.165) is 54.0 Å². The highest BCUT2D eigenvalue weighted by Gasteiger charge is 2.31. The lowest BCUT2D eigenvalue weighted by Gasteiger charge is -2.36. The predicted octanol–water partition coefficient (Wildman–Crippen LogP) is 4.41. The van der Waals surface area contributed by atoms with Gasteiger partial charge in [0.25, 0.3) is 0 Å². The first-order chi connectivity index (χ1) is 15.5. The Hall–Kier alpha value is -2.84. The van der Waals surface area contributed by atoms with Gasteiger partial charge in [-0.3, -0.25) is 13.3 Å². The number of nitrogens with zero attached hydrogens (tertiary/aromatic N) is 1. The number of carbonyl (C=O) groups is 1. The second kappa shape index (κ2) is 10.2. The van der Waals surface area contributed by atoms with E-state index >= 15 is 0 Å². The number of aryl methyl sites for hydroxylation is 2. The fourth-order valence-electron chi connectivity index (χ4n) is 4.32. The van der Waals surface area contributed by atoms with Gasteiger partial charge in [-0.2, -0.15) is 0 Å². The van der Waals surface area contributed by atoms with Gasteiger partial charge in [-0.1, -0.05) is 29.9 Å². The molecule has 4 rings (SSSR count). The van der Waals surface area contributed by atoms with Gasteiger partial charge in [0.05, 0.1) is 6.42 Å². The summed E-state index contributed by atoms with van der Waals surface area (Å²) in [7, 11) is 0. The molecule has 0 saturated carbocycles. The lowest BCUT2D eigenvalue weighted by Crippen LogP contribution is -2.41. The van der Waals surface area contributed by atoms with Crippen molar-refractivity contribution in [3.05, 3.63) is 77.2 Å². The molecule has 0 amide bonds. The molecule has 0 radical (unpaired) electrons. The molecule has 32 heavy (non-hydrogen) atoms. The molecular formula is C24H26NO6S-. The second-order valence-electron chi connectivity index (χ2n) is 8.13.